The van der Waals surface area contributed by atoms with Gasteiger partial charge in [-0.3, -0.25) is 0 Å². The van der Waals surface area contributed by atoms with Crippen LogP contribution in [-0.4, -0.2) is 26.8 Å². The van der Waals surface area contributed by atoms with E-state index in [1.54, 1.807) is 0 Å². The molecule has 14 heavy (non-hydrogen) atoms. The number of halogens is 4. The van der Waals surface area contributed by atoms with Crippen molar-refractivity contribution in [1.29, 1.82) is 0 Å². The fraction of sp³-hybridized carbons (Fsp3) is 0.857. The molecule has 3 nitrogen and oxygen atoms in total. The maximum absolute atomic E-state index is 10.9. The van der Waals surface area contributed by atoms with E-state index in [4.69, 9.17) is 9.47 Å². The van der Waals surface area contributed by atoms with Crippen LogP contribution in [0.5, 0.6) is 0 Å². The van der Waals surface area contributed by atoms with Crippen LogP contribution in [0.4, 0.5) is 4.79 Å². The van der Waals surface area contributed by atoms with E-state index in [0.29, 0.717) is 26.1 Å². The molecule has 0 amide bonds. The zero-order valence-electron chi connectivity index (χ0n) is 7.22. The van der Waals surface area contributed by atoms with Crippen LogP contribution in [0.3, 0.4) is 0 Å². The SMILES string of the molecule is O=C(OCCC(Br)Br)OCCC(Br)Br. The van der Waals surface area contributed by atoms with Crippen LogP contribution >= 0.6 is 63.7 Å². The van der Waals surface area contributed by atoms with Gasteiger partial charge >= 0.3 is 6.16 Å². The van der Waals surface area contributed by atoms with Crippen LogP contribution in [-0.2, 0) is 9.47 Å². The molecule has 0 heterocycles. The van der Waals surface area contributed by atoms with E-state index in [1.165, 1.54) is 0 Å². The first-order valence-corrected chi connectivity index (χ1v) is 7.54. The van der Waals surface area contributed by atoms with Gasteiger partial charge in [-0.05, 0) is 0 Å². The Morgan fingerprint density at radius 2 is 1.29 bits per heavy atom. The van der Waals surface area contributed by atoms with E-state index in [9.17, 15) is 4.79 Å². The molecule has 0 unspecified atom stereocenters. The minimum atomic E-state index is -0.619. The molecule has 84 valence electrons. The Labute approximate surface area is 117 Å². The van der Waals surface area contributed by atoms with Crippen LogP contribution in [0.1, 0.15) is 12.8 Å². The molecule has 0 fully saturated rings. The van der Waals surface area contributed by atoms with Crippen molar-refractivity contribution in [2.24, 2.45) is 0 Å². The van der Waals surface area contributed by atoms with Crippen LogP contribution in [0.2, 0.25) is 0 Å². The Balaban J connectivity index is 3.28. The molecule has 0 saturated heterocycles. The highest BCUT2D eigenvalue weighted by Gasteiger charge is 2.06. The lowest BCUT2D eigenvalue weighted by Gasteiger charge is -2.06. The molecule has 0 rings (SSSR count). The van der Waals surface area contributed by atoms with E-state index < -0.39 is 6.16 Å². The normalized spacial score (nSPS) is 10.7. The van der Waals surface area contributed by atoms with E-state index in [0.717, 1.165) is 0 Å². The highest BCUT2D eigenvalue weighted by molar-refractivity contribution is 9.25. The molecule has 0 aromatic rings. The van der Waals surface area contributed by atoms with E-state index in [2.05, 4.69) is 63.7 Å². The van der Waals surface area contributed by atoms with Crippen molar-refractivity contribution < 1.29 is 14.3 Å². The molecule has 0 aromatic carbocycles. The van der Waals surface area contributed by atoms with Gasteiger partial charge in [0.05, 0.1) is 20.7 Å². The summed E-state index contributed by atoms with van der Waals surface area (Å²) in [5, 5.41) is 0. The summed E-state index contributed by atoms with van der Waals surface area (Å²) in [4.78, 5) is 10.9. The van der Waals surface area contributed by atoms with Crippen molar-refractivity contribution in [3.8, 4) is 0 Å². The molecule has 0 atom stereocenters. The summed E-state index contributed by atoms with van der Waals surface area (Å²) in [5.41, 5.74) is 0. The summed E-state index contributed by atoms with van der Waals surface area (Å²) in [6.45, 7) is 0.679. The second-order valence-electron chi connectivity index (χ2n) is 2.31. The summed E-state index contributed by atoms with van der Waals surface area (Å²) in [7, 11) is 0. The van der Waals surface area contributed by atoms with Crippen molar-refractivity contribution in [2.75, 3.05) is 13.2 Å². The summed E-state index contributed by atoms with van der Waals surface area (Å²) in [5.74, 6) is 0. The third-order valence-electron chi connectivity index (χ3n) is 1.11. The molecule has 0 aliphatic rings. The van der Waals surface area contributed by atoms with Gasteiger partial charge in [0.2, 0.25) is 0 Å². The first-order chi connectivity index (χ1) is 6.52. The maximum atomic E-state index is 10.9. The van der Waals surface area contributed by atoms with Gasteiger partial charge < -0.3 is 9.47 Å². The lowest BCUT2D eigenvalue weighted by atomic mass is 10.5. The van der Waals surface area contributed by atoms with Crippen molar-refractivity contribution >= 4 is 69.9 Å². The van der Waals surface area contributed by atoms with Gasteiger partial charge in [0, 0.05) is 12.8 Å². The monoisotopic (exact) mass is 458 g/mol. The standard InChI is InChI=1S/C7H10Br4O3/c8-5(9)1-3-13-7(12)14-4-2-6(10)11/h5-6H,1-4H2. The predicted molar refractivity (Wildman–Crippen MR) is 69.8 cm³/mol. The minimum Gasteiger partial charge on any atom is -0.434 e. The molecule has 0 aromatic heterocycles. The van der Waals surface area contributed by atoms with Gasteiger partial charge in [-0.25, -0.2) is 4.79 Å². The molecular formula is C7H10Br4O3. The van der Waals surface area contributed by atoms with Crippen LogP contribution in [0, 0.1) is 0 Å². The largest absolute Gasteiger partial charge is 0.508 e. The number of rotatable bonds is 6. The zero-order valence-corrected chi connectivity index (χ0v) is 13.6. The predicted octanol–water partition coefficient (Wildman–Crippen LogP) is 4.15. The lowest BCUT2D eigenvalue weighted by molar-refractivity contribution is 0.0555. The Bertz CT molecular complexity index is 147. The second-order valence-corrected chi connectivity index (χ2v) is 9.19. The smallest absolute Gasteiger partial charge is 0.434 e. The Morgan fingerprint density at radius 3 is 1.57 bits per heavy atom. The van der Waals surface area contributed by atoms with Gasteiger partial charge in [0.15, 0.2) is 0 Å². The van der Waals surface area contributed by atoms with Crippen molar-refractivity contribution in [1.82, 2.24) is 0 Å². The second kappa shape index (κ2) is 9.42. The van der Waals surface area contributed by atoms with E-state index in [1.807, 2.05) is 0 Å². The van der Waals surface area contributed by atoms with Crippen molar-refractivity contribution in [3.05, 3.63) is 0 Å². The molecular weight excluding hydrogens is 452 g/mol. The number of hydrogen-bond acceptors (Lipinski definition) is 3. The summed E-state index contributed by atoms with van der Waals surface area (Å²) in [6, 6.07) is 0. The molecule has 0 N–H and O–H groups in total. The summed E-state index contributed by atoms with van der Waals surface area (Å²) >= 11 is 13.1. The first kappa shape index (κ1) is 15.2. The molecule has 0 radical (unpaired) electrons. The zero-order chi connectivity index (χ0) is 11.0. The number of hydrogen-bond donors (Lipinski definition) is 0. The van der Waals surface area contributed by atoms with E-state index in [-0.39, 0.29) is 7.47 Å². The number of carbonyl (C=O) groups is 1. The lowest BCUT2D eigenvalue weighted by Crippen LogP contribution is -2.11. The Hall–Kier alpha value is 1.19. The Kier molecular flexibility index (Phi) is 10.2. The minimum absolute atomic E-state index is 0.164. The molecule has 7 heteroatoms. The van der Waals surface area contributed by atoms with Gasteiger partial charge in [-0.15, -0.1) is 0 Å². The summed E-state index contributed by atoms with van der Waals surface area (Å²) < 4.78 is 9.89. The fourth-order valence-electron chi connectivity index (χ4n) is 0.504. The Morgan fingerprint density at radius 1 is 0.929 bits per heavy atom. The third kappa shape index (κ3) is 11.3. The molecule has 0 spiro atoms. The average Bonchev–Trinajstić information content (AvgIpc) is 2.02. The quantitative estimate of drug-likeness (QED) is 0.440. The molecule has 0 saturated carbocycles. The number of carbonyl (C=O) groups excluding carboxylic acids is 1. The van der Waals surface area contributed by atoms with Crippen LogP contribution in [0.25, 0.3) is 0 Å². The van der Waals surface area contributed by atoms with E-state index >= 15 is 0 Å². The number of alkyl halides is 4. The molecule has 0 aliphatic heterocycles. The molecule has 0 aliphatic carbocycles. The van der Waals surface area contributed by atoms with Gasteiger partial charge in [0.25, 0.3) is 0 Å². The number of ether oxygens (including phenoxy) is 2. The average molecular weight is 462 g/mol. The topological polar surface area (TPSA) is 35.5 Å². The van der Waals surface area contributed by atoms with Crippen LogP contribution in [0.15, 0.2) is 0 Å². The van der Waals surface area contributed by atoms with Gasteiger partial charge in [0.1, 0.15) is 0 Å². The summed E-state index contributed by atoms with van der Waals surface area (Å²) in [6.07, 6.45) is 0.787. The van der Waals surface area contributed by atoms with Gasteiger partial charge in [-0.2, -0.15) is 0 Å². The first-order valence-electron chi connectivity index (χ1n) is 3.88. The van der Waals surface area contributed by atoms with Crippen molar-refractivity contribution in [2.45, 2.75) is 20.3 Å². The van der Waals surface area contributed by atoms with Crippen LogP contribution < -0.4 is 0 Å². The van der Waals surface area contributed by atoms with Crippen molar-refractivity contribution in [3.63, 3.8) is 0 Å². The third-order valence-corrected chi connectivity index (χ3v) is 2.94. The van der Waals surface area contributed by atoms with Gasteiger partial charge in [-0.1, -0.05) is 63.7 Å². The highest BCUT2D eigenvalue weighted by atomic mass is 79.9. The maximum Gasteiger partial charge on any atom is 0.508 e. The fourth-order valence-corrected chi connectivity index (χ4v) is 1.25. The highest BCUT2D eigenvalue weighted by Crippen LogP contribution is 2.13. The molecule has 0 bridgehead atoms.